The molecule has 138 valence electrons. The Hall–Kier alpha value is -3.80. The van der Waals surface area contributed by atoms with E-state index in [0.717, 1.165) is 11.1 Å². The minimum absolute atomic E-state index is 0.0162. The highest BCUT2D eigenvalue weighted by atomic mass is 16.6. The number of para-hydroxylation sites is 1. The summed E-state index contributed by atoms with van der Waals surface area (Å²) in [5, 5.41) is 11.6. The number of nitrogens with zero attached hydrogens (tertiary/aromatic N) is 3. The van der Waals surface area contributed by atoms with Crippen molar-refractivity contribution in [1.29, 1.82) is 0 Å². The van der Waals surface area contributed by atoms with Gasteiger partial charge in [-0.1, -0.05) is 42.0 Å². The van der Waals surface area contributed by atoms with Crippen LogP contribution in [0.15, 0.2) is 77.6 Å². The van der Waals surface area contributed by atoms with Crippen LogP contribution in [0.2, 0.25) is 0 Å². The van der Waals surface area contributed by atoms with Gasteiger partial charge in [-0.2, -0.15) is 0 Å². The highest BCUT2D eigenvalue weighted by Gasteiger charge is 2.14. The van der Waals surface area contributed by atoms with Gasteiger partial charge in [0.2, 0.25) is 0 Å². The highest BCUT2D eigenvalue weighted by Crippen LogP contribution is 2.19. The number of aromatic nitrogens is 2. The topological polar surface area (TPSA) is 78.0 Å². The molecule has 0 radical (unpaired) electrons. The summed E-state index contributed by atoms with van der Waals surface area (Å²) in [6.45, 7) is 1.98. The van der Waals surface area contributed by atoms with Crippen molar-refractivity contribution < 1.29 is 4.92 Å². The Bertz CT molecular complexity index is 1240. The minimum atomic E-state index is -0.426. The van der Waals surface area contributed by atoms with Crippen LogP contribution >= 0.6 is 0 Å². The fraction of sp³-hybridized carbons (Fsp3) is 0.0909. The molecule has 0 amide bonds. The van der Waals surface area contributed by atoms with E-state index in [0.29, 0.717) is 28.8 Å². The maximum atomic E-state index is 13.2. The zero-order chi connectivity index (χ0) is 19.7. The summed E-state index contributed by atoms with van der Waals surface area (Å²) < 4.78 is 1.58. The number of rotatable bonds is 4. The van der Waals surface area contributed by atoms with Crippen molar-refractivity contribution >= 4 is 16.6 Å². The Morgan fingerprint density at radius 1 is 1.00 bits per heavy atom. The van der Waals surface area contributed by atoms with Crippen LogP contribution in [0.4, 0.5) is 5.69 Å². The highest BCUT2D eigenvalue weighted by molar-refractivity contribution is 5.77. The molecular formula is C22H17N3O3. The van der Waals surface area contributed by atoms with Crippen molar-refractivity contribution in [1.82, 2.24) is 9.55 Å². The zero-order valence-electron chi connectivity index (χ0n) is 15.2. The van der Waals surface area contributed by atoms with Crippen LogP contribution in [0.3, 0.4) is 0 Å². The van der Waals surface area contributed by atoms with Gasteiger partial charge in [0.25, 0.3) is 11.2 Å². The average Bonchev–Trinajstić information content (AvgIpc) is 2.69. The zero-order valence-corrected chi connectivity index (χ0v) is 15.2. The van der Waals surface area contributed by atoms with Gasteiger partial charge in [0.1, 0.15) is 5.82 Å². The van der Waals surface area contributed by atoms with E-state index in [1.807, 2.05) is 43.3 Å². The predicted octanol–water partition coefficient (Wildman–Crippen LogP) is 4.19. The molecule has 0 unspecified atom stereocenters. The summed E-state index contributed by atoms with van der Waals surface area (Å²) in [6, 6.07) is 21.2. The molecule has 1 heterocycles. The molecule has 6 nitrogen and oxygen atoms in total. The second kappa shape index (κ2) is 7.08. The Morgan fingerprint density at radius 2 is 1.75 bits per heavy atom. The van der Waals surface area contributed by atoms with E-state index >= 15 is 0 Å². The number of nitro groups is 1. The van der Waals surface area contributed by atoms with Crippen molar-refractivity contribution in [2.75, 3.05) is 0 Å². The number of non-ortho nitro benzene ring substituents is 1. The van der Waals surface area contributed by atoms with Gasteiger partial charge in [0.15, 0.2) is 0 Å². The lowest BCUT2D eigenvalue weighted by atomic mass is 10.1. The van der Waals surface area contributed by atoms with Gasteiger partial charge in [-0.25, -0.2) is 4.98 Å². The van der Waals surface area contributed by atoms with Gasteiger partial charge in [-0.3, -0.25) is 19.5 Å². The first kappa shape index (κ1) is 17.6. The summed E-state index contributed by atoms with van der Waals surface area (Å²) in [4.78, 5) is 28.6. The smallest absolute Gasteiger partial charge is 0.268 e. The van der Waals surface area contributed by atoms with E-state index in [2.05, 4.69) is 0 Å². The van der Waals surface area contributed by atoms with Crippen LogP contribution < -0.4 is 5.56 Å². The van der Waals surface area contributed by atoms with Crippen LogP contribution in [-0.4, -0.2) is 14.5 Å². The van der Waals surface area contributed by atoms with Gasteiger partial charge < -0.3 is 0 Å². The number of hydrogen-bond donors (Lipinski definition) is 0. The largest absolute Gasteiger partial charge is 0.269 e. The molecule has 0 aliphatic rings. The maximum Gasteiger partial charge on any atom is 0.269 e. The van der Waals surface area contributed by atoms with Crippen molar-refractivity contribution in [2.24, 2.45) is 0 Å². The molecular weight excluding hydrogens is 354 g/mol. The summed E-state index contributed by atoms with van der Waals surface area (Å²) >= 11 is 0. The van der Waals surface area contributed by atoms with Gasteiger partial charge in [0.05, 0.1) is 21.5 Å². The molecule has 0 aliphatic carbocycles. The molecule has 0 aliphatic heterocycles. The van der Waals surface area contributed by atoms with E-state index < -0.39 is 4.92 Å². The maximum absolute atomic E-state index is 13.2. The van der Waals surface area contributed by atoms with Crippen LogP contribution in [-0.2, 0) is 6.42 Å². The number of fused-ring (bicyclic) bond motifs is 1. The van der Waals surface area contributed by atoms with Gasteiger partial charge in [-0.05, 0) is 36.8 Å². The van der Waals surface area contributed by atoms with Gasteiger partial charge in [-0.15, -0.1) is 0 Å². The van der Waals surface area contributed by atoms with Crippen molar-refractivity contribution in [3.05, 3.63) is 110 Å². The lowest BCUT2D eigenvalue weighted by Gasteiger charge is -2.14. The third-order valence-electron chi connectivity index (χ3n) is 4.62. The Kier molecular flexibility index (Phi) is 4.45. The third kappa shape index (κ3) is 3.27. The lowest BCUT2D eigenvalue weighted by molar-refractivity contribution is -0.384. The van der Waals surface area contributed by atoms with E-state index in [1.165, 1.54) is 12.1 Å². The number of aryl methyl sites for hydroxylation is 1. The third-order valence-corrected chi connectivity index (χ3v) is 4.62. The summed E-state index contributed by atoms with van der Waals surface area (Å²) in [5.41, 5.74) is 2.99. The predicted molar refractivity (Wildman–Crippen MR) is 108 cm³/mol. The van der Waals surface area contributed by atoms with Crippen molar-refractivity contribution in [3.63, 3.8) is 0 Å². The molecule has 0 fully saturated rings. The van der Waals surface area contributed by atoms with Gasteiger partial charge in [0, 0.05) is 18.6 Å². The fourth-order valence-corrected chi connectivity index (χ4v) is 3.22. The second-order valence-corrected chi connectivity index (χ2v) is 6.63. The molecule has 6 heteroatoms. The Morgan fingerprint density at radius 3 is 2.50 bits per heavy atom. The van der Waals surface area contributed by atoms with Crippen LogP contribution in [0, 0.1) is 17.0 Å². The summed E-state index contributed by atoms with van der Waals surface area (Å²) in [6.07, 6.45) is 0.301. The first-order valence-corrected chi connectivity index (χ1v) is 8.84. The SMILES string of the molecule is Cc1ccc(-n2c(Cc3cccc([N+](=O)[O-])c3)nc3ccccc3c2=O)cc1. The van der Waals surface area contributed by atoms with Crippen LogP contribution in [0.5, 0.6) is 0 Å². The molecule has 0 atom stereocenters. The molecule has 4 rings (SSSR count). The van der Waals surface area contributed by atoms with Crippen LogP contribution in [0.25, 0.3) is 16.6 Å². The number of hydrogen-bond acceptors (Lipinski definition) is 4. The molecule has 4 aromatic rings. The number of nitro benzene ring substituents is 1. The Balaban J connectivity index is 1.92. The molecule has 3 aromatic carbocycles. The molecule has 1 aromatic heterocycles. The normalized spacial score (nSPS) is 10.9. The van der Waals surface area contributed by atoms with E-state index in [9.17, 15) is 14.9 Å². The first-order chi connectivity index (χ1) is 13.5. The van der Waals surface area contributed by atoms with Crippen LogP contribution in [0.1, 0.15) is 17.0 Å². The van der Waals surface area contributed by atoms with Crippen molar-refractivity contribution in [3.8, 4) is 5.69 Å². The first-order valence-electron chi connectivity index (χ1n) is 8.84. The second-order valence-electron chi connectivity index (χ2n) is 6.63. The van der Waals surface area contributed by atoms with Crippen molar-refractivity contribution in [2.45, 2.75) is 13.3 Å². The molecule has 0 saturated heterocycles. The van der Waals surface area contributed by atoms with Gasteiger partial charge >= 0.3 is 0 Å². The Labute approximate surface area is 160 Å². The quantitative estimate of drug-likeness (QED) is 0.398. The van der Waals surface area contributed by atoms with E-state index in [4.69, 9.17) is 4.98 Å². The minimum Gasteiger partial charge on any atom is -0.268 e. The standard InChI is InChI=1S/C22H17N3O3/c1-15-9-11-17(12-10-15)24-21(14-16-5-4-6-18(13-16)25(27)28)23-20-8-3-2-7-19(20)22(24)26/h2-13H,14H2,1H3. The lowest BCUT2D eigenvalue weighted by Crippen LogP contribution is -2.24. The monoisotopic (exact) mass is 371 g/mol. The fourth-order valence-electron chi connectivity index (χ4n) is 3.22. The summed E-state index contributed by atoms with van der Waals surface area (Å²) in [7, 11) is 0. The number of benzene rings is 3. The molecule has 0 spiro atoms. The molecule has 0 N–H and O–H groups in total. The van der Waals surface area contributed by atoms with E-state index in [-0.39, 0.29) is 11.2 Å². The molecule has 0 bridgehead atoms. The van der Waals surface area contributed by atoms with E-state index in [1.54, 1.807) is 28.8 Å². The summed E-state index contributed by atoms with van der Waals surface area (Å²) in [5.74, 6) is 0.535. The average molecular weight is 371 g/mol. The molecule has 0 saturated carbocycles. The molecule has 28 heavy (non-hydrogen) atoms.